The Labute approximate surface area is 60.3 Å². The highest BCUT2D eigenvalue weighted by Gasteiger charge is 1.98. The summed E-state index contributed by atoms with van der Waals surface area (Å²) in [5.74, 6) is 0. The fraction of sp³-hybridized carbons (Fsp3) is 0.250. The van der Waals surface area contributed by atoms with Crippen LogP contribution in [0.25, 0.3) is 0 Å². The summed E-state index contributed by atoms with van der Waals surface area (Å²) in [6.45, 7) is 0.840. The normalized spacial score (nSPS) is 21.6. The van der Waals surface area contributed by atoms with E-state index in [2.05, 4.69) is 28.9 Å². The van der Waals surface area contributed by atoms with Gasteiger partial charge in [-0.1, -0.05) is 6.42 Å². The molecule has 0 radical (unpaired) electrons. The summed E-state index contributed by atoms with van der Waals surface area (Å²) in [5.41, 5.74) is 2.53. The van der Waals surface area contributed by atoms with E-state index in [-0.39, 0.29) is 0 Å². The molecule has 2 aliphatic rings. The van der Waals surface area contributed by atoms with Gasteiger partial charge in [-0.2, -0.15) is 5.57 Å². The first-order chi connectivity index (χ1) is 4.97. The van der Waals surface area contributed by atoms with Crippen LogP contribution in [0.2, 0.25) is 0 Å². The lowest BCUT2D eigenvalue weighted by Crippen LogP contribution is -2.19. The molecule has 0 aromatic rings. The number of hydrogen-bond donors (Lipinski definition) is 1. The van der Waals surface area contributed by atoms with Crippen LogP contribution in [0.5, 0.6) is 0 Å². The number of aliphatic imine (C=N–C) groups is 1. The van der Waals surface area contributed by atoms with E-state index in [1.54, 1.807) is 6.34 Å². The molecule has 0 saturated carbocycles. The van der Waals surface area contributed by atoms with Gasteiger partial charge < -0.3 is 5.32 Å². The van der Waals surface area contributed by atoms with Crippen LogP contribution in [0.1, 0.15) is 6.42 Å². The predicted octanol–water partition coefficient (Wildman–Crippen LogP) is 1.04. The van der Waals surface area contributed by atoms with E-state index >= 15 is 0 Å². The molecule has 0 spiro atoms. The third-order valence-corrected chi connectivity index (χ3v) is 1.70. The van der Waals surface area contributed by atoms with Gasteiger partial charge in [0, 0.05) is 6.54 Å². The second-order valence-corrected chi connectivity index (χ2v) is 2.40. The smallest absolute Gasteiger partial charge is 0.0710 e. The summed E-state index contributed by atoms with van der Waals surface area (Å²) < 4.78 is 0. The molecule has 1 aliphatic carbocycles. The van der Waals surface area contributed by atoms with E-state index in [0.29, 0.717) is 0 Å². The maximum absolute atomic E-state index is 4.10. The van der Waals surface area contributed by atoms with Gasteiger partial charge in [0.2, 0.25) is 0 Å². The van der Waals surface area contributed by atoms with Gasteiger partial charge in [-0.15, -0.1) is 17.8 Å². The number of allylic oxidation sites excluding steroid dienone is 2. The van der Waals surface area contributed by atoms with Gasteiger partial charge in [0.1, 0.15) is 0 Å². The van der Waals surface area contributed by atoms with Crippen LogP contribution in [0.15, 0.2) is 28.4 Å². The number of rotatable bonds is 0. The Hall–Kier alpha value is -1.18. The lowest BCUT2D eigenvalue weighted by atomic mass is 10.0. The van der Waals surface area contributed by atoms with Crippen LogP contribution >= 0.6 is 0 Å². The van der Waals surface area contributed by atoms with Crippen molar-refractivity contribution in [2.45, 2.75) is 6.42 Å². The topological polar surface area (TPSA) is 24.4 Å². The largest absolute Gasteiger partial charge is 0.424 e. The van der Waals surface area contributed by atoms with Crippen molar-refractivity contribution in [2.24, 2.45) is 4.99 Å². The lowest BCUT2D eigenvalue weighted by Gasteiger charge is -2.27. The molecule has 1 aliphatic heterocycles. The first-order valence-corrected chi connectivity index (χ1v) is 3.44. The predicted molar refractivity (Wildman–Crippen MR) is 41.6 cm³/mol. The van der Waals surface area contributed by atoms with E-state index in [4.69, 9.17) is 0 Å². The fourth-order valence-corrected chi connectivity index (χ4v) is 1.16. The van der Waals surface area contributed by atoms with Crippen molar-refractivity contribution >= 4 is 6.34 Å². The average molecular weight is 133 g/mol. The van der Waals surface area contributed by atoms with Crippen LogP contribution in [-0.4, -0.2) is 12.9 Å². The summed E-state index contributed by atoms with van der Waals surface area (Å²) in [6.07, 6.45) is 9.27. The van der Waals surface area contributed by atoms with E-state index in [1.807, 2.05) is 0 Å². The summed E-state index contributed by atoms with van der Waals surface area (Å²) in [4.78, 5) is 4.10. The number of nitrogens with zero attached hydrogens (tertiary/aromatic N) is 1. The first-order valence-electron chi connectivity index (χ1n) is 3.44. The van der Waals surface area contributed by atoms with Gasteiger partial charge in [-0.05, 0) is 0 Å². The molecule has 0 aromatic carbocycles. The van der Waals surface area contributed by atoms with Crippen LogP contribution in [0, 0.1) is 6.42 Å². The highest BCUT2D eigenvalue weighted by Crippen LogP contribution is 2.17. The Morgan fingerprint density at radius 2 is 2.60 bits per heavy atom. The first kappa shape index (κ1) is 5.59. The zero-order chi connectivity index (χ0) is 6.81. The highest BCUT2D eigenvalue weighted by molar-refractivity contribution is 5.63. The molecular weight excluding hydrogens is 124 g/mol. The average Bonchev–Trinajstić information content (AvgIpc) is 2.05. The second-order valence-electron chi connectivity index (χ2n) is 2.40. The minimum absolute atomic E-state index is 0.840. The van der Waals surface area contributed by atoms with Gasteiger partial charge in [-0.25, -0.2) is 6.42 Å². The molecule has 0 saturated heterocycles. The molecule has 0 unspecified atom stereocenters. The van der Waals surface area contributed by atoms with Crippen molar-refractivity contribution in [2.75, 3.05) is 6.54 Å². The number of nitrogens with one attached hydrogen (secondary N) is 1. The zero-order valence-corrected chi connectivity index (χ0v) is 5.67. The van der Waals surface area contributed by atoms with Gasteiger partial charge >= 0.3 is 0 Å². The van der Waals surface area contributed by atoms with Crippen molar-refractivity contribution < 1.29 is 0 Å². The summed E-state index contributed by atoms with van der Waals surface area (Å²) >= 11 is 0. The van der Waals surface area contributed by atoms with Crippen LogP contribution in [-0.2, 0) is 0 Å². The monoisotopic (exact) mass is 133 g/mol. The summed E-state index contributed by atoms with van der Waals surface area (Å²) in [5, 5.41) is 3.09. The molecule has 10 heavy (non-hydrogen) atoms. The van der Waals surface area contributed by atoms with Crippen LogP contribution in [0.3, 0.4) is 0 Å². The molecule has 1 heterocycles. The minimum Gasteiger partial charge on any atom is -0.424 e. The SMILES string of the molecule is C1=CC2=C([CH-]C1)CN=CN2. The molecule has 52 valence electrons. The van der Waals surface area contributed by atoms with Crippen molar-refractivity contribution in [1.82, 2.24) is 5.32 Å². The van der Waals surface area contributed by atoms with Crippen LogP contribution in [0.4, 0.5) is 0 Å². The summed E-state index contributed by atoms with van der Waals surface area (Å²) in [7, 11) is 0. The van der Waals surface area contributed by atoms with Crippen LogP contribution < -0.4 is 5.32 Å². The van der Waals surface area contributed by atoms with Crippen molar-refractivity contribution in [3.63, 3.8) is 0 Å². The molecule has 2 rings (SSSR count). The Morgan fingerprint density at radius 1 is 1.60 bits per heavy atom. The molecule has 2 nitrogen and oxygen atoms in total. The van der Waals surface area contributed by atoms with E-state index in [1.165, 1.54) is 11.3 Å². The Balaban J connectivity index is 2.25. The van der Waals surface area contributed by atoms with Gasteiger partial charge in [-0.3, -0.25) is 4.99 Å². The number of hydrogen-bond acceptors (Lipinski definition) is 2. The van der Waals surface area contributed by atoms with Gasteiger partial charge in [0.15, 0.2) is 0 Å². The third-order valence-electron chi connectivity index (χ3n) is 1.70. The molecule has 2 heteroatoms. The highest BCUT2D eigenvalue weighted by atomic mass is 15.0. The quantitative estimate of drug-likeness (QED) is 0.490. The lowest BCUT2D eigenvalue weighted by molar-refractivity contribution is 0.968. The third kappa shape index (κ3) is 0.817. The standard InChI is InChI=1S/C8H9N2/c1-2-4-8-7(3-1)5-9-6-10-8/h2-4,6H,1,5H2,(H,9,10)/q-1. The fourth-order valence-electron chi connectivity index (χ4n) is 1.16. The maximum atomic E-state index is 4.10. The molecule has 0 atom stereocenters. The Kier molecular flexibility index (Phi) is 1.24. The van der Waals surface area contributed by atoms with E-state index in [9.17, 15) is 0 Å². The van der Waals surface area contributed by atoms with Crippen molar-refractivity contribution in [3.8, 4) is 0 Å². The molecule has 1 N–H and O–H groups in total. The van der Waals surface area contributed by atoms with Crippen molar-refractivity contribution in [1.29, 1.82) is 0 Å². The molecular formula is C8H9N2-. The minimum atomic E-state index is 0.840. The Bertz CT molecular complexity index is 223. The van der Waals surface area contributed by atoms with E-state index in [0.717, 1.165) is 13.0 Å². The second kappa shape index (κ2) is 2.21. The molecule has 0 bridgehead atoms. The molecule has 0 amide bonds. The molecule has 0 aromatic heterocycles. The van der Waals surface area contributed by atoms with E-state index < -0.39 is 0 Å². The van der Waals surface area contributed by atoms with Crippen molar-refractivity contribution in [3.05, 3.63) is 29.8 Å². The zero-order valence-electron chi connectivity index (χ0n) is 5.67. The van der Waals surface area contributed by atoms with Gasteiger partial charge in [0.25, 0.3) is 0 Å². The Morgan fingerprint density at radius 3 is 3.50 bits per heavy atom. The molecule has 0 fully saturated rings. The van der Waals surface area contributed by atoms with Gasteiger partial charge in [0.05, 0.1) is 6.34 Å². The summed E-state index contributed by atoms with van der Waals surface area (Å²) in [6, 6.07) is 0. The maximum Gasteiger partial charge on any atom is 0.0710 e.